The van der Waals surface area contributed by atoms with E-state index in [1.54, 1.807) is 38.1 Å². The van der Waals surface area contributed by atoms with Crippen LogP contribution in [0.15, 0.2) is 24.3 Å². The number of ether oxygens (including phenoxy) is 1. The molecule has 0 bridgehead atoms. The average Bonchev–Trinajstić information content (AvgIpc) is 2.58. The van der Waals surface area contributed by atoms with Crippen molar-refractivity contribution in [2.24, 2.45) is 0 Å². The Morgan fingerprint density at radius 3 is 2.20 bits per heavy atom. The first-order chi connectivity index (χ1) is 11.7. The molecule has 7 heteroatoms. The SMILES string of the molecule is CC(=O)c1cccc(NC(=O)COc2c(Cl)c(C)c(Cl)c(C)c2Cl)c1. The van der Waals surface area contributed by atoms with E-state index in [-0.39, 0.29) is 28.2 Å². The molecule has 0 aliphatic rings. The molecular weight excluding hydrogens is 385 g/mol. The fourth-order valence-electron chi connectivity index (χ4n) is 2.19. The zero-order valence-corrected chi connectivity index (χ0v) is 16.1. The molecule has 132 valence electrons. The Morgan fingerprint density at radius 2 is 1.64 bits per heavy atom. The molecule has 0 aliphatic heterocycles. The molecule has 0 aliphatic carbocycles. The maximum atomic E-state index is 12.1. The van der Waals surface area contributed by atoms with Crippen LogP contribution in [0.2, 0.25) is 15.1 Å². The smallest absolute Gasteiger partial charge is 0.262 e. The number of carbonyl (C=O) groups is 2. The van der Waals surface area contributed by atoms with Gasteiger partial charge in [-0.1, -0.05) is 46.9 Å². The Balaban J connectivity index is 2.11. The molecule has 4 nitrogen and oxygen atoms in total. The van der Waals surface area contributed by atoms with Gasteiger partial charge in [-0.25, -0.2) is 0 Å². The second-order valence-electron chi connectivity index (χ2n) is 5.49. The molecule has 0 unspecified atom stereocenters. The van der Waals surface area contributed by atoms with E-state index in [1.807, 2.05) is 0 Å². The summed E-state index contributed by atoms with van der Waals surface area (Å²) in [6, 6.07) is 6.64. The molecule has 25 heavy (non-hydrogen) atoms. The predicted octanol–water partition coefficient (Wildman–Crippen LogP) is 5.48. The molecular formula is C18H16Cl3NO3. The monoisotopic (exact) mass is 399 g/mol. The molecule has 0 saturated heterocycles. The van der Waals surface area contributed by atoms with Gasteiger partial charge in [0.2, 0.25) is 0 Å². The molecule has 1 amide bonds. The van der Waals surface area contributed by atoms with Crippen molar-refractivity contribution < 1.29 is 14.3 Å². The fraction of sp³-hybridized carbons (Fsp3) is 0.222. The first-order valence-electron chi connectivity index (χ1n) is 7.39. The zero-order valence-electron chi connectivity index (χ0n) is 13.9. The van der Waals surface area contributed by atoms with Crippen molar-refractivity contribution in [1.29, 1.82) is 0 Å². The Bertz CT molecular complexity index is 821. The molecule has 0 atom stereocenters. The fourth-order valence-corrected chi connectivity index (χ4v) is 3.01. The maximum absolute atomic E-state index is 12.1. The first-order valence-corrected chi connectivity index (χ1v) is 8.53. The molecule has 0 fully saturated rings. The van der Waals surface area contributed by atoms with Crippen LogP contribution in [0.3, 0.4) is 0 Å². The van der Waals surface area contributed by atoms with E-state index >= 15 is 0 Å². The molecule has 2 rings (SSSR count). The van der Waals surface area contributed by atoms with Gasteiger partial charge in [-0.15, -0.1) is 0 Å². The number of anilines is 1. The Morgan fingerprint density at radius 1 is 1.04 bits per heavy atom. The van der Waals surface area contributed by atoms with Gasteiger partial charge in [0.15, 0.2) is 18.1 Å². The van der Waals surface area contributed by atoms with Crippen LogP contribution >= 0.6 is 34.8 Å². The van der Waals surface area contributed by atoms with Gasteiger partial charge in [0.25, 0.3) is 5.91 Å². The van der Waals surface area contributed by atoms with Gasteiger partial charge in [-0.05, 0) is 44.0 Å². The molecule has 2 aromatic rings. The van der Waals surface area contributed by atoms with Crippen molar-refractivity contribution in [2.75, 3.05) is 11.9 Å². The summed E-state index contributed by atoms with van der Waals surface area (Å²) in [4.78, 5) is 23.5. The summed E-state index contributed by atoms with van der Waals surface area (Å²) in [5.74, 6) is -0.272. The summed E-state index contributed by atoms with van der Waals surface area (Å²) in [6.07, 6.45) is 0. The van der Waals surface area contributed by atoms with Crippen molar-refractivity contribution in [1.82, 2.24) is 0 Å². The number of nitrogens with one attached hydrogen (secondary N) is 1. The normalized spacial score (nSPS) is 10.5. The number of rotatable bonds is 5. The summed E-state index contributed by atoms with van der Waals surface area (Å²) in [6.45, 7) is 4.66. The Hall–Kier alpha value is -1.75. The van der Waals surface area contributed by atoms with Crippen LogP contribution in [0.5, 0.6) is 5.75 Å². The average molecular weight is 401 g/mol. The quantitative estimate of drug-likeness (QED) is 0.676. The Kier molecular flexibility index (Phi) is 6.33. The third-order valence-electron chi connectivity index (χ3n) is 3.62. The van der Waals surface area contributed by atoms with E-state index in [0.717, 1.165) is 0 Å². The van der Waals surface area contributed by atoms with Crippen LogP contribution in [0, 0.1) is 13.8 Å². The lowest BCUT2D eigenvalue weighted by Gasteiger charge is -2.15. The number of amides is 1. The third-order valence-corrected chi connectivity index (χ3v) is 5.09. The van der Waals surface area contributed by atoms with E-state index in [1.165, 1.54) is 6.92 Å². The predicted molar refractivity (Wildman–Crippen MR) is 102 cm³/mol. The van der Waals surface area contributed by atoms with Gasteiger partial charge >= 0.3 is 0 Å². The summed E-state index contributed by atoms with van der Waals surface area (Å²) in [5, 5.41) is 3.66. The number of ketones is 1. The van der Waals surface area contributed by atoms with Gasteiger partial charge in [-0.2, -0.15) is 0 Å². The minimum Gasteiger partial charge on any atom is -0.481 e. The third kappa shape index (κ3) is 4.46. The van der Waals surface area contributed by atoms with Crippen molar-refractivity contribution in [2.45, 2.75) is 20.8 Å². The number of benzene rings is 2. The highest BCUT2D eigenvalue weighted by atomic mass is 35.5. The second kappa shape index (κ2) is 8.09. The second-order valence-corrected chi connectivity index (χ2v) is 6.63. The van der Waals surface area contributed by atoms with E-state index in [2.05, 4.69) is 5.32 Å². The number of carbonyl (C=O) groups excluding carboxylic acids is 2. The van der Waals surface area contributed by atoms with Crippen molar-refractivity contribution in [3.8, 4) is 5.75 Å². The van der Waals surface area contributed by atoms with E-state index < -0.39 is 5.91 Å². The van der Waals surface area contributed by atoms with E-state index in [9.17, 15) is 9.59 Å². The molecule has 2 aromatic carbocycles. The van der Waals surface area contributed by atoms with Gasteiger partial charge in [-0.3, -0.25) is 9.59 Å². The van der Waals surface area contributed by atoms with Crippen molar-refractivity contribution in [3.63, 3.8) is 0 Å². The zero-order chi connectivity index (χ0) is 18.7. The van der Waals surface area contributed by atoms with Crippen LogP contribution in [0.1, 0.15) is 28.4 Å². The maximum Gasteiger partial charge on any atom is 0.262 e. The van der Waals surface area contributed by atoms with Crippen molar-refractivity contribution >= 4 is 52.2 Å². The lowest BCUT2D eigenvalue weighted by Crippen LogP contribution is -2.20. The summed E-state index contributed by atoms with van der Waals surface area (Å²) in [7, 11) is 0. The Labute approximate surface area is 161 Å². The van der Waals surface area contributed by atoms with Gasteiger partial charge in [0.05, 0.1) is 10.0 Å². The topological polar surface area (TPSA) is 55.4 Å². The van der Waals surface area contributed by atoms with Crippen LogP contribution in [0.25, 0.3) is 0 Å². The lowest BCUT2D eigenvalue weighted by atomic mass is 10.1. The van der Waals surface area contributed by atoms with Crippen LogP contribution in [-0.2, 0) is 4.79 Å². The van der Waals surface area contributed by atoms with Gasteiger partial charge in [0, 0.05) is 16.3 Å². The molecule has 0 radical (unpaired) electrons. The molecule has 0 saturated carbocycles. The highest BCUT2D eigenvalue weighted by Crippen LogP contribution is 2.42. The molecule has 0 spiro atoms. The number of hydrogen-bond donors (Lipinski definition) is 1. The minimum absolute atomic E-state index is 0.0852. The summed E-state index contributed by atoms with van der Waals surface area (Å²) < 4.78 is 5.49. The number of hydrogen-bond acceptors (Lipinski definition) is 3. The molecule has 1 N–H and O–H groups in total. The summed E-state index contributed by atoms with van der Waals surface area (Å²) in [5.41, 5.74) is 2.28. The van der Waals surface area contributed by atoms with Crippen LogP contribution < -0.4 is 10.1 Å². The van der Waals surface area contributed by atoms with Gasteiger partial charge < -0.3 is 10.1 Å². The van der Waals surface area contributed by atoms with Crippen molar-refractivity contribution in [3.05, 3.63) is 56.0 Å². The standard InChI is InChI=1S/C18H16Cl3NO3/c1-9-15(19)10(2)17(21)18(16(9)20)25-8-14(24)22-13-6-4-5-12(7-13)11(3)23/h4-7H,8H2,1-3H3,(H,22,24). The lowest BCUT2D eigenvalue weighted by molar-refractivity contribution is -0.118. The number of Topliss-reactive ketones (excluding diaryl/α,β-unsaturated/α-hetero) is 1. The highest BCUT2D eigenvalue weighted by molar-refractivity contribution is 6.42. The van der Waals surface area contributed by atoms with Crippen LogP contribution in [-0.4, -0.2) is 18.3 Å². The largest absolute Gasteiger partial charge is 0.481 e. The molecule has 0 heterocycles. The van der Waals surface area contributed by atoms with Crippen LogP contribution in [0.4, 0.5) is 5.69 Å². The minimum atomic E-state index is -0.405. The number of halogens is 3. The molecule has 0 aromatic heterocycles. The van der Waals surface area contributed by atoms with Gasteiger partial charge in [0.1, 0.15) is 0 Å². The van der Waals surface area contributed by atoms with E-state index in [4.69, 9.17) is 39.5 Å². The summed E-state index contributed by atoms with van der Waals surface area (Å²) >= 11 is 18.6. The first kappa shape index (κ1) is 19.6. The van der Waals surface area contributed by atoms with E-state index in [0.29, 0.717) is 27.4 Å². The highest BCUT2D eigenvalue weighted by Gasteiger charge is 2.18.